The highest BCUT2D eigenvalue weighted by molar-refractivity contribution is 7.09. The minimum atomic E-state index is 0.805. The lowest BCUT2D eigenvalue weighted by Gasteiger charge is -2.01. The van der Waals surface area contributed by atoms with Crippen molar-refractivity contribution in [3.63, 3.8) is 0 Å². The van der Waals surface area contributed by atoms with Gasteiger partial charge in [-0.05, 0) is 25.5 Å². The molecule has 0 saturated carbocycles. The van der Waals surface area contributed by atoms with E-state index in [1.165, 1.54) is 4.88 Å². The van der Waals surface area contributed by atoms with E-state index in [9.17, 15) is 0 Å². The summed E-state index contributed by atoms with van der Waals surface area (Å²) in [6, 6.07) is 6.04. The van der Waals surface area contributed by atoms with Gasteiger partial charge in [0.25, 0.3) is 0 Å². The van der Waals surface area contributed by atoms with Crippen LogP contribution in [0, 0.1) is 6.92 Å². The van der Waals surface area contributed by atoms with E-state index >= 15 is 0 Å². The van der Waals surface area contributed by atoms with Crippen LogP contribution in [0.1, 0.15) is 16.3 Å². The Kier molecular flexibility index (Phi) is 3.57. The molecule has 0 unspecified atom stereocenters. The number of rotatable bonds is 5. The number of nitrogens with zero attached hydrogens (tertiary/aromatic N) is 3. The Bertz CT molecular complexity index is 638. The van der Waals surface area contributed by atoms with E-state index < -0.39 is 0 Å². The lowest BCUT2D eigenvalue weighted by Crippen LogP contribution is -2.16. The number of hydrogen-bond donors (Lipinski definition) is 1. The SMILES string of the molecule is Cc1ncsc1CCNCc1cn2ccccc2n1. The van der Waals surface area contributed by atoms with Crippen LogP contribution < -0.4 is 5.32 Å². The molecular formula is C14H16N4S. The van der Waals surface area contributed by atoms with Gasteiger partial charge in [-0.25, -0.2) is 9.97 Å². The molecule has 0 atom stereocenters. The first kappa shape index (κ1) is 12.3. The first-order valence-electron chi connectivity index (χ1n) is 6.35. The van der Waals surface area contributed by atoms with Gasteiger partial charge < -0.3 is 9.72 Å². The fourth-order valence-electron chi connectivity index (χ4n) is 2.06. The summed E-state index contributed by atoms with van der Waals surface area (Å²) in [6.07, 6.45) is 5.12. The first-order chi connectivity index (χ1) is 9.33. The number of hydrogen-bond acceptors (Lipinski definition) is 4. The van der Waals surface area contributed by atoms with E-state index in [2.05, 4.69) is 28.4 Å². The fourth-order valence-corrected chi connectivity index (χ4v) is 2.84. The maximum atomic E-state index is 4.56. The second-order valence-electron chi connectivity index (χ2n) is 4.49. The number of pyridine rings is 1. The molecule has 0 fully saturated rings. The molecule has 0 radical (unpaired) electrons. The largest absolute Gasteiger partial charge is 0.311 e. The van der Waals surface area contributed by atoms with Crippen molar-refractivity contribution in [2.75, 3.05) is 6.54 Å². The minimum Gasteiger partial charge on any atom is -0.311 e. The van der Waals surface area contributed by atoms with Gasteiger partial charge in [0.2, 0.25) is 0 Å². The third-order valence-electron chi connectivity index (χ3n) is 3.09. The maximum Gasteiger partial charge on any atom is 0.137 e. The first-order valence-corrected chi connectivity index (χ1v) is 7.23. The molecule has 0 aliphatic heterocycles. The molecule has 0 aliphatic rings. The maximum absolute atomic E-state index is 4.56. The van der Waals surface area contributed by atoms with Crippen LogP contribution in [-0.4, -0.2) is 20.9 Å². The summed E-state index contributed by atoms with van der Waals surface area (Å²) in [7, 11) is 0. The van der Waals surface area contributed by atoms with Crippen molar-refractivity contribution >= 4 is 17.0 Å². The van der Waals surface area contributed by atoms with Gasteiger partial charge in [0.15, 0.2) is 0 Å². The number of aromatic nitrogens is 3. The lowest BCUT2D eigenvalue weighted by molar-refractivity contribution is 0.679. The molecule has 3 heterocycles. The normalized spacial score (nSPS) is 11.2. The summed E-state index contributed by atoms with van der Waals surface area (Å²) in [5, 5.41) is 3.43. The van der Waals surface area contributed by atoms with Gasteiger partial charge in [-0.3, -0.25) is 0 Å². The molecule has 98 valence electrons. The molecule has 0 aliphatic carbocycles. The van der Waals surface area contributed by atoms with Gasteiger partial charge in [0.1, 0.15) is 5.65 Å². The summed E-state index contributed by atoms with van der Waals surface area (Å²) < 4.78 is 2.05. The van der Waals surface area contributed by atoms with Crippen LogP contribution in [0.4, 0.5) is 0 Å². The van der Waals surface area contributed by atoms with Crippen LogP contribution in [0.3, 0.4) is 0 Å². The van der Waals surface area contributed by atoms with Crippen molar-refractivity contribution in [2.45, 2.75) is 19.9 Å². The molecule has 5 heteroatoms. The summed E-state index contributed by atoms with van der Waals surface area (Å²) in [5.74, 6) is 0. The Labute approximate surface area is 116 Å². The molecule has 3 rings (SSSR count). The molecule has 0 spiro atoms. The highest BCUT2D eigenvalue weighted by Gasteiger charge is 2.02. The highest BCUT2D eigenvalue weighted by atomic mass is 32.1. The summed E-state index contributed by atoms with van der Waals surface area (Å²) in [6.45, 7) is 3.82. The Morgan fingerprint density at radius 1 is 1.37 bits per heavy atom. The van der Waals surface area contributed by atoms with Crippen molar-refractivity contribution in [1.29, 1.82) is 0 Å². The fraction of sp³-hybridized carbons (Fsp3) is 0.286. The average molecular weight is 272 g/mol. The zero-order valence-electron chi connectivity index (χ0n) is 10.8. The van der Waals surface area contributed by atoms with Crippen LogP contribution in [0.25, 0.3) is 5.65 Å². The van der Waals surface area contributed by atoms with Gasteiger partial charge in [-0.1, -0.05) is 6.07 Å². The van der Waals surface area contributed by atoms with Gasteiger partial charge in [-0.2, -0.15) is 0 Å². The Morgan fingerprint density at radius 2 is 2.32 bits per heavy atom. The average Bonchev–Trinajstić information content (AvgIpc) is 3.00. The molecule has 0 bridgehead atoms. The number of imidazole rings is 1. The number of aryl methyl sites for hydroxylation is 1. The summed E-state index contributed by atoms with van der Waals surface area (Å²) >= 11 is 1.73. The Hall–Kier alpha value is -1.72. The lowest BCUT2D eigenvalue weighted by atomic mass is 10.3. The van der Waals surface area contributed by atoms with Crippen molar-refractivity contribution in [3.05, 3.63) is 52.4 Å². The van der Waals surface area contributed by atoms with E-state index in [1.807, 2.05) is 34.3 Å². The van der Waals surface area contributed by atoms with Crippen LogP contribution in [-0.2, 0) is 13.0 Å². The molecule has 3 aromatic heterocycles. The van der Waals surface area contributed by atoms with Crippen LogP contribution in [0.15, 0.2) is 36.1 Å². The van der Waals surface area contributed by atoms with E-state index in [0.29, 0.717) is 0 Å². The monoisotopic (exact) mass is 272 g/mol. The second kappa shape index (κ2) is 5.50. The zero-order valence-corrected chi connectivity index (χ0v) is 11.7. The highest BCUT2D eigenvalue weighted by Crippen LogP contribution is 2.12. The van der Waals surface area contributed by atoms with Crippen molar-refractivity contribution < 1.29 is 0 Å². The molecular weight excluding hydrogens is 256 g/mol. The number of fused-ring (bicyclic) bond motifs is 1. The number of thiazole rings is 1. The summed E-state index contributed by atoms with van der Waals surface area (Å²) in [5.41, 5.74) is 5.14. The molecule has 1 N–H and O–H groups in total. The molecule has 19 heavy (non-hydrogen) atoms. The van der Waals surface area contributed by atoms with Gasteiger partial charge in [-0.15, -0.1) is 11.3 Å². The van der Waals surface area contributed by atoms with E-state index in [4.69, 9.17) is 0 Å². The quantitative estimate of drug-likeness (QED) is 0.725. The van der Waals surface area contributed by atoms with E-state index in [0.717, 1.165) is 36.5 Å². The Morgan fingerprint density at radius 3 is 3.11 bits per heavy atom. The number of nitrogens with one attached hydrogen (secondary N) is 1. The zero-order chi connectivity index (χ0) is 13.1. The van der Waals surface area contributed by atoms with Crippen LogP contribution in [0.2, 0.25) is 0 Å². The molecule has 0 amide bonds. The molecule has 4 nitrogen and oxygen atoms in total. The van der Waals surface area contributed by atoms with Crippen LogP contribution in [0.5, 0.6) is 0 Å². The van der Waals surface area contributed by atoms with Gasteiger partial charge >= 0.3 is 0 Å². The molecule has 3 aromatic rings. The predicted octanol–water partition coefficient (Wildman–Crippen LogP) is 2.43. The standard InChI is InChI=1S/C14H16N4S/c1-11-13(19-10-16-11)5-6-15-8-12-9-18-7-3-2-4-14(18)17-12/h2-4,7,9-10,15H,5-6,8H2,1H3. The van der Waals surface area contributed by atoms with Gasteiger partial charge in [0.05, 0.1) is 16.9 Å². The molecule has 0 saturated heterocycles. The smallest absolute Gasteiger partial charge is 0.137 e. The van der Waals surface area contributed by atoms with Crippen molar-refractivity contribution in [2.24, 2.45) is 0 Å². The van der Waals surface area contributed by atoms with Crippen LogP contribution >= 0.6 is 11.3 Å². The Balaban J connectivity index is 1.53. The minimum absolute atomic E-state index is 0.805. The van der Waals surface area contributed by atoms with Crippen molar-refractivity contribution in [3.8, 4) is 0 Å². The van der Waals surface area contributed by atoms with E-state index in [1.54, 1.807) is 11.3 Å². The van der Waals surface area contributed by atoms with Crippen molar-refractivity contribution in [1.82, 2.24) is 19.7 Å². The second-order valence-corrected chi connectivity index (χ2v) is 5.43. The van der Waals surface area contributed by atoms with Gasteiger partial charge in [0, 0.05) is 30.4 Å². The molecule has 0 aromatic carbocycles. The third kappa shape index (κ3) is 2.83. The third-order valence-corrected chi connectivity index (χ3v) is 4.09. The summed E-state index contributed by atoms with van der Waals surface area (Å²) in [4.78, 5) is 10.2. The van der Waals surface area contributed by atoms with E-state index in [-0.39, 0.29) is 0 Å². The topological polar surface area (TPSA) is 42.2 Å². The predicted molar refractivity (Wildman–Crippen MR) is 77.5 cm³/mol.